The molecule has 1 saturated heterocycles. The number of rotatable bonds is 2. The van der Waals surface area contributed by atoms with E-state index in [-0.39, 0.29) is 6.10 Å². The van der Waals surface area contributed by atoms with Crippen molar-refractivity contribution in [2.75, 3.05) is 12.5 Å². The molecule has 78 valence electrons. The molecule has 0 saturated carbocycles. The third-order valence-electron chi connectivity index (χ3n) is 2.51. The van der Waals surface area contributed by atoms with Crippen LogP contribution in [0.3, 0.4) is 0 Å². The van der Waals surface area contributed by atoms with E-state index in [0.29, 0.717) is 11.8 Å². The van der Waals surface area contributed by atoms with Crippen LogP contribution in [0.25, 0.3) is 0 Å². The van der Waals surface area contributed by atoms with Gasteiger partial charge in [0.15, 0.2) is 0 Å². The average Bonchev–Trinajstić information content (AvgIpc) is 2.65. The standard InChI is InChI=1S/C10H12Cl2OS/c11-5-7-2-1-3-13-10(7)9-4-8(12)6-14-9/h4,6-7,10H,1-3,5H2. The lowest BCUT2D eigenvalue weighted by atomic mass is 9.95. The number of hydrogen-bond acceptors (Lipinski definition) is 2. The highest BCUT2D eigenvalue weighted by Crippen LogP contribution is 2.38. The van der Waals surface area contributed by atoms with Crippen LogP contribution < -0.4 is 0 Å². The van der Waals surface area contributed by atoms with Gasteiger partial charge in [-0.1, -0.05) is 11.6 Å². The van der Waals surface area contributed by atoms with Crippen molar-refractivity contribution in [1.29, 1.82) is 0 Å². The van der Waals surface area contributed by atoms with Gasteiger partial charge in [0.25, 0.3) is 0 Å². The van der Waals surface area contributed by atoms with Crippen LogP contribution in [-0.4, -0.2) is 12.5 Å². The molecule has 1 aliphatic heterocycles. The fourth-order valence-corrected chi connectivity index (χ4v) is 3.33. The predicted octanol–water partition coefficient (Wildman–Crippen LogP) is 4.11. The summed E-state index contributed by atoms with van der Waals surface area (Å²) in [5.74, 6) is 1.11. The third-order valence-corrected chi connectivity index (χ3v) is 4.25. The fraction of sp³-hybridized carbons (Fsp3) is 0.600. The van der Waals surface area contributed by atoms with Gasteiger partial charge in [0.2, 0.25) is 0 Å². The van der Waals surface area contributed by atoms with Crippen molar-refractivity contribution < 1.29 is 4.74 Å². The summed E-state index contributed by atoms with van der Waals surface area (Å²) in [6, 6.07) is 1.99. The second-order valence-corrected chi connectivity index (χ2v) is 5.20. The van der Waals surface area contributed by atoms with Crippen LogP contribution in [-0.2, 0) is 4.74 Å². The lowest BCUT2D eigenvalue weighted by Gasteiger charge is -2.29. The molecule has 0 aromatic carbocycles. The summed E-state index contributed by atoms with van der Waals surface area (Å²) >= 11 is 13.5. The molecule has 0 radical (unpaired) electrons. The minimum Gasteiger partial charge on any atom is -0.372 e. The average molecular weight is 251 g/mol. The molecule has 0 spiro atoms. The van der Waals surface area contributed by atoms with Crippen molar-refractivity contribution in [2.24, 2.45) is 5.92 Å². The van der Waals surface area contributed by atoms with Crippen LogP contribution in [0.1, 0.15) is 23.8 Å². The van der Waals surface area contributed by atoms with E-state index in [1.165, 1.54) is 4.88 Å². The van der Waals surface area contributed by atoms with Crippen molar-refractivity contribution in [3.8, 4) is 0 Å². The summed E-state index contributed by atoms with van der Waals surface area (Å²) in [5, 5.41) is 2.74. The number of alkyl halides is 1. The van der Waals surface area contributed by atoms with Crippen LogP contribution >= 0.6 is 34.5 Å². The van der Waals surface area contributed by atoms with Crippen LogP contribution in [0.15, 0.2) is 11.4 Å². The highest BCUT2D eigenvalue weighted by atomic mass is 35.5. The van der Waals surface area contributed by atoms with Gasteiger partial charge in [0, 0.05) is 28.7 Å². The van der Waals surface area contributed by atoms with E-state index in [4.69, 9.17) is 27.9 Å². The lowest BCUT2D eigenvalue weighted by molar-refractivity contribution is -0.0186. The second-order valence-electron chi connectivity index (χ2n) is 3.52. The first kappa shape index (κ1) is 10.7. The Bertz CT molecular complexity index is 300. The lowest BCUT2D eigenvalue weighted by Crippen LogP contribution is -2.22. The molecule has 0 aliphatic carbocycles. The van der Waals surface area contributed by atoms with Crippen molar-refractivity contribution >= 4 is 34.5 Å². The number of ether oxygens (including phenoxy) is 1. The maximum Gasteiger partial charge on any atom is 0.0956 e. The molecule has 1 nitrogen and oxygen atoms in total. The zero-order valence-corrected chi connectivity index (χ0v) is 10.0. The summed E-state index contributed by atoms with van der Waals surface area (Å²) in [6.45, 7) is 0.841. The predicted molar refractivity (Wildman–Crippen MR) is 61.5 cm³/mol. The van der Waals surface area contributed by atoms with Gasteiger partial charge in [-0.15, -0.1) is 22.9 Å². The summed E-state index contributed by atoms with van der Waals surface area (Å²) in [5.41, 5.74) is 0. The zero-order valence-electron chi connectivity index (χ0n) is 7.71. The Hall–Kier alpha value is 0.240. The molecule has 2 unspecified atom stereocenters. The van der Waals surface area contributed by atoms with Gasteiger partial charge in [-0.05, 0) is 18.9 Å². The van der Waals surface area contributed by atoms with Gasteiger partial charge in [0.05, 0.1) is 11.1 Å². The summed E-state index contributed by atoms with van der Waals surface area (Å²) in [4.78, 5) is 1.21. The normalized spacial score (nSPS) is 27.9. The largest absolute Gasteiger partial charge is 0.372 e. The van der Waals surface area contributed by atoms with Crippen LogP contribution in [0.2, 0.25) is 5.02 Å². The monoisotopic (exact) mass is 250 g/mol. The summed E-state index contributed by atoms with van der Waals surface area (Å²) in [6.07, 6.45) is 2.44. The minimum absolute atomic E-state index is 0.166. The molecule has 2 atom stereocenters. The Morgan fingerprint density at radius 3 is 3.07 bits per heavy atom. The first-order valence-electron chi connectivity index (χ1n) is 4.72. The van der Waals surface area contributed by atoms with E-state index in [1.54, 1.807) is 11.3 Å². The van der Waals surface area contributed by atoms with Gasteiger partial charge >= 0.3 is 0 Å². The third kappa shape index (κ3) is 2.25. The topological polar surface area (TPSA) is 9.23 Å². The van der Waals surface area contributed by atoms with Gasteiger partial charge in [0.1, 0.15) is 0 Å². The Morgan fingerprint density at radius 2 is 2.43 bits per heavy atom. The Balaban J connectivity index is 2.14. The summed E-state index contributed by atoms with van der Waals surface area (Å²) in [7, 11) is 0. The molecular weight excluding hydrogens is 239 g/mol. The SMILES string of the molecule is ClCC1CCCOC1c1cc(Cl)cs1. The van der Waals surface area contributed by atoms with Crippen molar-refractivity contribution in [2.45, 2.75) is 18.9 Å². The molecule has 0 N–H and O–H groups in total. The van der Waals surface area contributed by atoms with Crippen molar-refractivity contribution in [3.05, 3.63) is 21.3 Å². The van der Waals surface area contributed by atoms with Crippen LogP contribution in [0.5, 0.6) is 0 Å². The first-order valence-corrected chi connectivity index (χ1v) is 6.52. The highest BCUT2D eigenvalue weighted by molar-refractivity contribution is 7.10. The molecule has 1 aromatic rings. The quantitative estimate of drug-likeness (QED) is 0.719. The van der Waals surface area contributed by atoms with Crippen molar-refractivity contribution in [3.63, 3.8) is 0 Å². The molecule has 1 aliphatic rings. The molecule has 1 aromatic heterocycles. The Morgan fingerprint density at radius 1 is 1.57 bits per heavy atom. The highest BCUT2D eigenvalue weighted by Gasteiger charge is 2.27. The van der Waals surface area contributed by atoms with Gasteiger partial charge in [-0.25, -0.2) is 0 Å². The fourth-order valence-electron chi connectivity index (χ4n) is 1.79. The zero-order chi connectivity index (χ0) is 9.97. The number of hydrogen-bond donors (Lipinski definition) is 0. The first-order chi connectivity index (χ1) is 6.81. The molecular formula is C10H12Cl2OS. The minimum atomic E-state index is 0.166. The van der Waals surface area contributed by atoms with Gasteiger partial charge in [-0.3, -0.25) is 0 Å². The van der Waals surface area contributed by atoms with Crippen LogP contribution in [0.4, 0.5) is 0 Å². The van der Waals surface area contributed by atoms with Crippen molar-refractivity contribution in [1.82, 2.24) is 0 Å². The van der Waals surface area contributed by atoms with E-state index in [9.17, 15) is 0 Å². The van der Waals surface area contributed by atoms with E-state index in [2.05, 4.69) is 0 Å². The summed E-state index contributed by atoms with van der Waals surface area (Å²) < 4.78 is 5.75. The smallest absolute Gasteiger partial charge is 0.0956 e. The van der Waals surface area contributed by atoms with E-state index >= 15 is 0 Å². The van der Waals surface area contributed by atoms with E-state index in [1.807, 2.05) is 11.4 Å². The maximum atomic E-state index is 5.92. The molecule has 14 heavy (non-hydrogen) atoms. The number of thiophene rings is 1. The maximum absolute atomic E-state index is 5.92. The molecule has 0 amide bonds. The second kappa shape index (κ2) is 4.84. The van der Waals surface area contributed by atoms with Crippen LogP contribution in [0, 0.1) is 5.92 Å². The Labute approximate surface area is 98.0 Å². The molecule has 4 heteroatoms. The molecule has 1 fully saturated rings. The molecule has 2 rings (SSSR count). The number of halogens is 2. The molecule has 2 heterocycles. The van der Waals surface area contributed by atoms with Gasteiger partial charge < -0.3 is 4.74 Å². The van der Waals surface area contributed by atoms with E-state index < -0.39 is 0 Å². The van der Waals surface area contributed by atoms with Gasteiger partial charge in [-0.2, -0.15) is 0 Å². The Kier molecular flexibility index (Phi) is 3.72. The molecule has 0 bridgehead atoms. The van der Waals surface area contributed by atoms with E-state index in [0.717, 1.165) is 24.5 Å².